The highest BCUT2D eigenvalue weighted by molar-refractivity contribution is 7.45. The predicted octanol–water partition coefficient (Wildman–Crippen LogP) is 12.5. The molecule has 0 aliphatic rings. The van der Waals surface area contributed by atoms with Gasteiger partial charge in [0.05, 0.1) is 39.9 Å². The van der Waals surface area contributed by atoms with E-state index in [4.69, 9.17) is 9.05 Å². The smallest absolute Gasteiger partial charge is 0.268 e. The molecule has 0 aromatic carbocycles. The van der Waals surface area contributed by atoms with Crippen LogP contribution in [0.5, 0.6) is 0 Å². The van der Waals surface area contributed by atoms with Gasteiger partial charge in [-0.25, -0.2) is 0 Å². The summed E-state index contributed by atoms with van der Waals surface area (Å²) in [5.74, 6) is -0.199. The number of unbranched alkanes of at least 4 members (excludes halogenated alkanes) is 25. The van der Waals surface area contributed by atoms with E-state index in [9.17, 15) is 19.4 Å². The minimum atomic E-state index is -4.58. The van der Waals surface area contributed by atoms with Crippen LogP contribution in [-0.2, 0) is 18.4 Å². The number of allylic oxidation sites excluding steroid dienone is 5. The van der Waals surface area contributed by atoms with Crippen molar-refractivity contribution in [3.05, 3.63) is 36.5 Å². The molecule has 0 spiro atoms. The topological polar surface area (TPSA) is 108 Å². The van der Waals surface area contributed by atoms with Gasteiger partial charge < -0.3 is 28.8 Å². The number of nitrogens with one attached hydrogen (secondary N) is 1. The van der Waals surface area contributed by atoms with Crippen molar-refractivity contribution in [2.24, 2.45) is 0 Å². The summed E-state index contributed by atoms with van der Waals surface area (Å²) < 4.78 is 23.2. The standard InChI is InChI=1S/C47H91N2O6P/c1-6-8-10-12-14-16-18-20-21-22-23-24-25-26-27-29-31-33-35-37-39-41-47(51)48-45(44-55-56(52,53)54-43-42-49(3,4)5)46(50)40-38-36-34-32-30-28-19-17-15-13-11-9-7-2/h8,10,14,16,38,40,45-46,50H,6-7,9,11-13,15,17-37,39,41-44H2,1-5H3,(H-,48,51,52,53)/b10-8-,16-14-,40-38+. The maximum atomic E-state index is 12.9. The highest BCUT2D eigenvalue weighted by Gasteiger charge is 2.23. The van der Waals surface area contributed by atoms with Crippen molar-refractivity contribution in [1.82, 2.24) is 5.32 Å². The largest absolute Gasteiger partial charge is 0.756 e. The second-order valence-electron chi connectivity index (χ2n) is 17.1. The molecule has 9 heteroatoms. The Morgan fingerprint density at radius 2 is 1.09 bits per heavy atom. The van der Waals surface area contributed by atoms with Gasteiger partial charge in [-0.1, -0.05) is 192 Å². The fourth-order valence-electron chi connectivity index (χ4n) is 6.66. The second-order valence-corrected chi connectivity index (χ2v) is 18.5. The summed E-state index contributed by atoms with van der Waals surface area (Å²) in [7, 11) is 1.26. The summed E-state index contributed by atoms with van der Waals surface area (Å²) in [6, 6.07) is -0.884. The molecule has 8 nitrogen and oxygen atoms in total. The van der Waals surface area contributed by atoms with Gasteiger partial charge in [0.15, 0.2) is 0 Å². The van der Waals surface area contributed by atoms with Crippen molar-refractivity contribution in [3.8, 4) is 0 Å². The van der Waals surface area contributed by atoms with Crippen molar-refractivity contribution >= 4 is 13.7 Å². The van der Waals surface area contributed by atoms with E-state index in [1.165, 1.54) is 135 Å². The molecule has 0 aromatic rings. The quantitative estimate of drug-likeness (QED) is 0.0275. The lowest BCUT2D eigenvalue weighted by Crippen LogP contribution is -2.45. The molecule has 1 amide bonds. The number of carbonyl (C=O) groups excluding carboxylic acids is 1. The molecule has 330 valence electrons. The van der Waals surface area contributed by atoms with Gasteiger partial charge in [-0.05, 0) is 44.9 Å². The van der Waals surface area contributed by atoms with Crippen LogP contribution in [-0.4, -0.2) is 68.5 Å². The van der Waals surface area contributed by atoms with Crippen LogP contribution >= 0.6 is 7.82 Å². The van der Waals surface area contributed by atoms with Gasteiger partial charge in [0.1, 0.15) is 13.2 Å². The number of rotatable bonds is 42. The summed E-state index contributed by atoms with van der Waals surface area (Å²) in [6.45, 7) is 4.54. The Kier molecular flexibility index (Phi) is 38.3. The number of hydrogen-bond donors (Lipinski definition) is 2. The van der Waals surface area contributed by atoms with Crippen LogP contribution < -0.4 is 10.2 Å². The van der Waals surface area contributed by atoms with Crippen molar-refractivity contribution in [1.29, 1.82) is 0 Å². The monoisotopic (exact) mass is 811 g/mol. The Bertz CT molecular complexity index is 1010. The molecule has 3 atom stereocenters. The third-order valence-electron chi connectivity index (χ3n) is 10.4. The lowest BCUT2D eigenvalue weighted by atomic mass is 10.0. The molecule has 0 rings (SSSR count). The van der Waals surface area contributed by atoms with E-state index in [2.05, 4.69) is 43.5 Å². The molecule has 0 aliphatic carbocycles. The molecule has 56 heavy (non-hydrogen) atoms. The molecule has 0 saturated heterocycles. The highest BCUT2D eigenvalue weighted by atomic mass is 31.2. The average Bonchev–Trinajstić information content (AvgIpc) is 3.15. The van der Waals surface area contributed by atoms with Gasteiger partial charge in [-0.2, -0.15) is 0 Å². The van der Waals surface area contributed by atoms with Crippen LogP contribution in [0.1, 0.15) is 206 Å². The third-order valence-corrected chi connectivity index (χ3v) is 11.3. The molecule has 0 aliphatic heterocycles. The fourth-order valence-corrected chi connectivity index (χ4v) is 7.38. The lowest BCUT2D eigenvalue weighted by Gasteiger charge is -2.29. The van der Waals surface area contributed by atoms with E-state index in [1.54, 1.807) is 6.08 Å². The molecular weight excluding hydrogens is 719 g/mol. The number of hydrogen-bond acceptors (Lipinski definition) is 6. The van der Waals surface area contributed by atoms with Crippen LogP contribution in [0.25, 0.3) is 0 Å². The Labute approximate surface area is 347 Å². The number of phosphoric acid groups is 1. The van der Waals surface area contributed by atoms with Crippen LogP contribution in [0.15, 0.2) is 36.5 Å². The van der Waals surface area contributed by atoms with E-state index < -0.39 is 20.0 Å². The zero-order valence-electron chi connectivity index (χ0n) is 37.3. The van der Waals surface area contributed by atoms with Crippen LogP contribution in [0.2, 0.25) is 0 Å². The number of amides is 1. The normalized spacial score (nSPS) is 14.6. The van der Waals surface area contributed by atoms with Gasteiger partial charge in [0.25, 0.3) is 7.82 Å². The first-order chi connectivity index (χ1) is 27.0. The Hall–Kier alpha value is -1.28. The van der Waals surface area contributed by atoms with E-state index in [0.717, 1.165) is 51.4 Å². The zero-order valence-corrected chi connectivity index (χ0v) is 38.2. The van der Waals surface area contributed by atoms with E-state index >= 15 is 0 Å². The lowest BCUT2D eigenvalue weighted by molar-refractivity contribution is -0.870. The van der Waals surface area contributed by atoms with Crippen molar-refractivity contribution in [3.63, 3.8) is 0 Å². The molecular formula is C47H91N2O6P. The van der Waals surface area contributed by atoms with E-state index in [-0.39, 0.29) is 19.1 Å². The number of likely N-dealkylation sites (N-methyl/N-ethyl adjacent to an activating group) is 1. The van der Waals surface area contributed by atoms with Gasteiger partial charge in [0.2, 0.25) is 5.91 Å². The van der Waals surface area contributed by atoms with Crippen molar-refractivity contribution in [2.45, 2.75) is 219 Å². The Balaban J connectivity index is 4.30. The molecule has 0 aromatic heterocycles. The van der Waals surface area contributed by atoms with Gasteiger partial charge in [-0.15, -0.1) is 0 Å². The Morgan fingerprint density at radius 3 is 1.57 bits per heavy atom. The van der Waals surface area contributed by atoms with Crippen molar-refractivity contribution in [2.75, 3.05) is 40.9 Å². The average molecular weight is 811 g/mol. The summed E-state index contributed by atoms with van der Waals surface area (Å²) in [4.78, 5) is 25.3. The maximum Gasteiger partial charge on any atom is 0.268 e. The summed E-state index contributed by atoms with van der Waals surface area (Å²) in [5.41, 5.74) is 0. The fraction of sp³-hybridized carbons (Fsp3) is 0.851. The maximum absolute atomic E-state index is 12.9. The zero-order chi connectivity index (χ0) is 41.4. The van der Waals surface area contributed by atoms with E-state index in [0.29, 0.717) is 17.4 Å². The summed E-state index contributed by atoms with van der Waals surface area (Å²) in [5, 5.41) is 13.8. The summed E-state index contributed by atoms with van der Waals surface area (Å²) in [6.07, 6.45) is 47.6. The Morgan fingerprint density at radius 1 is 0.643 bits per heavy atom. The first-order valence-corrected chi connectivity index (χ1v) is 24.8. The number of aliphatic hydroxyl groups excluding tert-OH is 1. The molecule has 2 N–H and O–H groups in total. The van der Waals surface area contributed by atoms with Crippen LogP contribution in [0, 0.1) is 0 Å². The number of phosphoric ester groups is 1. The molecule has 0 radical (unpaired) electrons. The molecule has 0 bridgehead atoms. The third kappa shape index (κ3) is 40.9. The number of carbonyl (C=O) groups is 1. The molecule has 3 unspecified atom stereocenters. The van der Waals surface area contributed by atoms with Gasteiger partial charge in [-0.3, -0.25) is 9.36 Å². The predicted molar refractivity (Wildman–Crippen MR) is 238 cm³/mol. The molecule has 0 heterocycles. The summed E-state index contributed by atoms with van der Waals surface area (Å²) >= 11 is 0. The SMILES string of the molecule is CC/C=C\C/C=C\CCCCCCCCCCCCCCCCC(=O)NC(COP(=O)([O-])OCC[N+](C)(C)C)C(O)/C=C/CCCCCCCCCCCCC. The minimum absolute atomic E-state index is 0.000595. The molecule has 0 saturated carbocycles. The van der Waals surface area contributed by atoms with Crippen molar-refractivity contribution < 1.29 is 32.9 Å². The highest BCUT2D eigenvalue weighted by Crippen LogP contribution is 2.38. The second kappa shape index (κ2) is 39.2. The van der Waals surface area contributed by atoms with Crippen LogP contribution in [0.3, 0.4) is 0 Å². The first-order valence-electron chi connectivity index (χ1n) is 23.4. The first kappa shape index (κ1) is 54.7. The number of aliphatic hydroxyl groups is 1. The van der Waals surface area contributed by atoms with Crippen LogP contribution in [0.4, 0.5) is 0 Å². The number of nitrogens with zero attached hydrogens (tertiary/aromatic N) is 1. The van der Waals surface area contributed by atoms with E-state index in [1.807, 2.05) is 27.2 Å². The minimum Gasteiger partial charge on any atom is -0.756 e. The van der Waals surface area contributed by atoms with Gasteiger partial charge >= 0.3 is 0 Å². The molecule has 0 fully saturated rings. The number of quaternary nitrogens is 1. The van der Waals surface area contributed by atoms with Gasteiger partial charge in [0, 0.05) is 6.42 Å².